The molecule has 0 unspecified atom stereocenters. The second-order valence-corrected chi connectivity index (χ2v) is 7.45. The molecule has 1 atom stereocenters. The van der Waals surface area contributed by atoms with Crippen molar-refractivity contribution in [2.75, 3.05) is 7.05 Å². The lowest BCUT2D eigenvalue weighted by atomic mass is 10.1. The molecule has 4 rings (SSSR count). The van der Waals surface area contributed by atoms with Crippen molar-refractivity contribution in [1.29, 1.82) is 0 Å². The van der Waals surface area contributed by atoms with Crippen molar-refractivity contribution in [3.63, 3.8) is 0 Å². The zero-order valence-corrected chi connectivity index (χ0v) is 16.6. The van der Waals surface area contributed by atoms with Gasteiger partial charge in [0.2, 0.25) is 0 Å². The molecule has 0 fully saturated rings. The molecule has 0 radical (unpaired) electrons. The maximum absolute atomic E-state index is 4.69. The van der Waals surface area contributed by atoms with E-state index in [-0.39, 0.29) is 0 Å². The van der Waals surface area contributed by atoms with Gasteiger partial charge in [-0.3, -0.25) is 9.88 Å². The van der Waals surface area contributed by atoms with E-state index in [9.17, 15) is 0 Å². The first-order valence-corrected chi connectivity index (χ1v) is 9.59. The Kier molecular flexibility index (Phi) is 5.17. The summed E-state index contributed by atoms with van der Waals surface area (Å²) in [6.07, 6.45) is 8.72. The maximum Gasteiger partial charge on any atom is 0.162 e. The smallest absolute Gasteiger partial charge is 0.162 e. The third-order valence-corrected chi connectivity index (χ3v) is 5.16. The zero-order chi connectivity index (χ0) is 19.5. The topological polar surface area (TPSA) is 46.3 Å². The summed E-state index contributed by atoms with van der Waals surface area (Å²) in [4.78, 5) is 11.5. The minimum absolute atomic E-state index is 0.377. The van der Waals surface area contributed by atoms with E-state index in [4.69, 9.17) is 0 Å². The Morgan fingerprint density at radius 1 is 1.07 bits per heavy atom. The lowest BCUT2D eigenvalue weighted by molar-refractivity contribution is 0.246. The molecule has 5 nitrogen and oxygen atoms in total. The third kappa shape index (κ3) is 3.94. The van der Waals surface area contributed by atoms with Gasteiger partial charge < -0.3 is 0 Å². The number of benzene rings is 1. The molecule has 0 N–H and O–H groups in total. The summed E-state index contributed by atoms with van der Waals surface area (Å²) >= 11 is 0. The molecule has 3 aromatic heterocycles. The summed E-state index contributed by atoms with van der Waals surface area (Å²) in [6, 6.07) is 14.8. The van der Waals surface area contributed by atoms with Crippen molar-refractivity contribution >= 4 is 5.65 Å². The van der Waals surface area contributed by atoms with Crippen LogP contribution >= 0.6 is 0 Å². The van der Waals surface area contributed by atoms with E-state index in [1.807, 2.05) is 47.4 Å². The summed E-state index contributed by atoms with van der Waals surface area (Å²) in [5.74, 6) is 0. The van der Waals surface area contributed by atoms with Gasteiger partial charge in [0.25, 0.3) is 0 Å². The van der Waals surface area contributed by atoms with Crippen molar-refractivity contribution < 1.29 is 0 Å². The van der Waals surface area contributed by atoms with E-state index < -0.39 is 0 Å². The summed E-state index contributed by atoms with van der Waals surface area (Å²) in [6.45, 7) is 5.15. The molecule has 4 aromatic rings. The van der Waals surface area contributed by atoms with Gasteiger partial charge >= 0.3 is 0 Å². The molecule has 0 amide bonds. The number of likely N-dealkylation sites (N-methyl/N-ethyl adjacent to an activating group) is 1. The molecular weight excluding hydrogens is 346 g/mol. The molecule has 0 aliphatic carbocycles. The lowest BCUT2D eigenvalue weighted by Gasteiger charge is -2.24. The first-order valence-electron chi connectivity index (χ1n) is 9.59. The molecule has 0 saturated carbocycles. The molecule has 1 aromatic carbocycles. The molecule has 0 aliphatic rings. The Labute approximate surface area is 165 Å². The first kappa shape index (κ1) is 18.3. The molecule has 0 saturated heterocycles. The van der Waals surface area contributed by atoms with Gasteiger partial charge in [0.15, 0.2) is 5.65 Å². The molecular formula is C23H25N5. The van der Waals surface area contributed by atoms with E-state index in [1.54, 1.807) is 0 Å². The van der Waals surface area contributed by atoms with Gasteiger partial charge in [-0.05, 0) is 44.2 Å². The summed E-state index contributed by atoms with van der Waals surface area (Å²) in [5.41, 5.74) is 6.60. The quantitative estimate of drug-likeness (QED) is 0.510. The van der Waals surface area contributed by atoms with Crippen LogP contribution < -0.4 is 0 Å². The van der Waals surface area contributed by atoms with E-state index in [0.717, 1.165) is 41.0 Å². The number of aryl methyl sites for hydroxylation is 1. The molecule has 0 aliphatic heterocycles. The van der Waals surface area contributed by atoms with E-state index in [1.165, 1.54) is 5.56 Å². The average Bonchev–Trinajstić information content (AvgIpc) is 3.12. The largest absolute Gasteiger partial charge is 0.299 e. The van der Waals surface area contributed by atoms with Crippen molar-refractivity contribution in [2.24, 2.45) is 0 Å². The Morgan fingerprint density at radius 3 is 2.68 bits per heavy atom. The van der Waals surface area contributed by atoms with Crippen LogP contribution in [0.2, 0.25) is 0 Å². The van der Waals surface area contributed by atoms with Gasteiger partial charge in [-0.25, -0.2) is 9.50 Å². The predicted molar refractivity (Wildman–Crippen MR) is 112 cm³/mol. The summed E-state index contributed by atoms with van der Waals surface area (Å²) in [7, 11) is 2.14. The highest BCUT2D eigenvalue weighted by Gasteiger charge is 2.13. The molecule has 0 spiro atoms. The normalized spacial score (nSPS) is 12.6. The molecule has 28 heavy (non-hydrogen) atoms. The summed E-state index contributed by atoms with van der Waals surface area (Å²) in [5, 5.41) is 4.51. The van der Waals surface area contributed by atoms with Gasteiger partial charge in [0.1, 0.15) is 0 Å². The van der Waals surface area contributed by atoms with Crippen molar-refractivity contribution in [2.45, 2.75) is 32.9 Å². The monoisotopic (exact) mass is 371 g/mol. The number of nitrogens with zero attached hydrogens (tertiary/aromatic N) is 5. The van der Waals surface area contributed by atoms with Crippen LogP contribution in [0.15, 0.2) is 67.3 Å². The van der Waals surface area contributed by atoms with Crippen molar-refractivity contribution in [3.8, 4) is 11.1 Å². The number of hydrogen-bond donors (Lipinski definition) is 0. The van der Waals surface area contributed by atoms with Crippen LogP contribution in [0.5, 0.6) is 0 Å². The number of hydrogen-bond acceptors (Lipinski definition) is 4. The second-order valence-electron chi connectivity index (χ2n) is 7.45. The van der Waals surface area contributed by atoms with Crippen molar-refractivity contribution in [3.05, 3.63) is 84.1 Å². The fourth-order valence-electron chi connectivity index (χ4n) is 3.43. The van der Waals surface area contributed by atoms with Gasteiger partial charge in [0.05, 0.1) is 6.20 Å². The van der Waals surface area contributed by atoms with E-state index >= 15 is 0 Å². The Balaban J connectivity index is 1.48. The van der Waals surface area contributed by atoms with Gasteiger partial charge in [-0.1, -0.05) is 30.3 Å². The summed E-state index contributed by atoms with van der Waals surface area (Å²) < 4.78 is 1.87. The van der Waals surface area contributed by atoms with Crippen molar-refractivity contribution in [1.82, 2.24) is 24.5 Å². The van der Waals surface area contributed by atoms with E-state index in [2.05, 4.69) is 65.3 Å². The van der Waals surface area contributed by atoms with Gasteiger partial charge in [0, 0.05) is 54.4 Å². The lowest BCUT2D eigenvalue weighted by Crippen LogP contribution is -2.30. The number of rotatable bonds is 6. The Hall–Kier alpha value is -3.05. The molecule has 5 heteroatoms. The highest BCUT2D eigenvalue weighted by Crippen LogP contribution is 2.23. The predicted octanol–water partition coefficient (Wildman–Crippen LogP) is 4.16. The van der Waals surface area contributed by atoms with Crippen LogP contribution in [0.25, 0.3) is 16.8 Å². The van der Waals surface area contributed by atoms with E-state index in [0.29, 0.717) is 6.04 Å². The minimum atomic E-state index is 0.377. The first-order chi connectivity index (χ1) is 13.6. The fraction of sp³-hybridized carbons (Fsp3) is 0.261. The Bertz CT molecular complexity index is 1070. The van der Waals surface area contributed by atoms with Gasteiger partial charge in [-0.2, -0.15) is 5.10 Å². The number of fused-ring (bicyclic) bond motifs is 1. The highest BCUT2D eigenvalue weighted by molar-refractivity contribution is 5.76. The van der Waals surface area contributed by atoms with Gasteiger partial charge in [-0.15, -0.1) is 0 Å². The third-order valence-electron chi connectivity index (χ3n) is 5.16. The number of pyridine rings is 1. The highest BCUT2D eigenvalue weighted by atomic mass is 15.2. The van der Waals surface area contributed by atoms with Crippen LogP contribution in [-0.4, -0.2) is 37.6 Å². The fourth-order valence-corrected chi connectivity index (χ4v) is 3.43. The molecule has 0 bridgehead atoms. The second kappa shape index (κ2) is 7.90. The zero-order valence-electron chi connectivity index (χ0n) is 16.6. The standard InChI is InChI=1S/C23H25N5/c1-17-9-10-24-21(11-17)12-18(2)27(3)15-19-13-25-23-22(14-26-28(23)16-19)20-7-5-4-6-8-20/h4-11,13-14,16,18H,12,15H2,1-3H3/t18-/m0/s1. The average molecular weight is 371 g/mol. The Morgan fingerprint density at radius 2 is 1.89 bits per heavy atom. The van der Waals surface area contributed by atoms with Crippen LogP contribution in [0, 0.1) is 6.92 Å². The number of aromatic nitrogens is 4. The van der Waals surface area contributed by atoms with Crippen LogP contribution in [-0.2, 0) is 13.0 Å². The SMILES string of the molecule is Cc1ccnc(C[C@H](C)N(C)Cc2cnc3c(-c4ccccc4)cnn3c2)c1. The van der Waals surface area contributed by atoms with Crippen LogP contribution in [0.1, 0.15) is 23.7 Å². The molecule has 142 valence electrons. The van der Waals surface area contributed by atoms with Crippen LogP contribution in [0.4, 0.5) is 0 Å². The maximum atomic E-state index is 4.69. The van der Waals surface area contributed by atoms with Crippen LogP contribution in [0.3, 0.4) is 0 Å². The minimum Gasteiger partial charge on any atom is -0.299 e. The molecule has 3 heterocycles.